The molecule has 0 saturated heterocycles. The van der Waals surface area contributed by atoms with E-state index >= 15 is 0 Å². The number of imidazole rings is 1. The van der Waals surface area contributed by atoms with Gasteiger partial charge >= 0.3 is 0 Å². The maximum Gasteiger partial charge on any atom is 0.256 e. The molecule has 2 fully saturated rings. The molecule has 4 aromatic heterocycles. The fourth-order valence-corrected chi connectivity index (χ4v) is 6.17. The van der Waals surface area contributed by atoms with E-state index in [4.69, 9.17) is 0 Å². The number of ketones is 1. The number of carbonyl (C=O) groups excluding carboxylic acids is 1. The second-order valence-electron chi connectivity index (χ2n) is 11.1. The van der Waals surface area contributed by atoms with E-state index in [2.05, 4.69) is 25.4 Å². The molecule has 0 amide bonds. The van der Waals surface area contributed by atoms with Crippen molar-refractivity contribution in [3.05, 3.63) is 36.4 Å². The molecule has 0 radical (unpaired) electrons. The number of Topliss-reactive ketones (excluding diaryl/α,β-unsaturated/α-hetero) is 1. The van der Waals surface area contributed by atoms with Crippen molar-refractivity contribution in [2.24, 2.45) is 11.8 Å². The number of aryl methyl sites for hydroxylation is 1. The second kappa shape index (κ2) is 10.4. The first-order valence-corrected chi connectivity index (χ1v) is 13.8. The van der Waals surface area contributed by atoms with E-state index in [1.165, 1.54) is 4.57 Å². The highest BCUT2D eigenvalue weighted by atomic mass is 19.3. The molecule has 1 N–H and O–H groups in total. The first-order valence-electron chi connectivity index (χ1n) is 13.8. The van der Waals surface area contributed by atoms with Gasteiger partial charge in [0.2, 0.25) is 11.9 Å². The molecule has 0 unspecified atom stereocenters. The number of nitrogens with zero attached hydrogens (tertiary/aromatic N) is 6. The Morgan fingerprint density at radius 3 is 2.50 bits per heavy atom. The van der Waals surface area contributed by atoms with Crippen LogP contribution >= 0.6 is 0 Å². The number of hydrogen-bond acceptors (Lipinski definition) is 6. The van der Waals surface area contributed by atoms with Crippen molar-refractivity contribution < 1.29 is 22.4 Å². The molecule has 0 atom stereocenters. The maximum atomic E-state index is 13.5. The average Bonchev–Trinajstić information content (AvgIpc) is 3.48. The minimum Gasteiger partial charge on any atom is -0.350 e. The van der Waals surface area contributed by atoms with Crippen LogP contribution < -0.4 is 5.32 Å². The van der Waals surface area contributed by atoms with Gasteiger partial charge in [0.25, 0.3) is 6.43 Å². The molecule has 8 nitrogen and oxygen atoms in total. The van der Waals surface area contributed by atoms with Crippen molar-refractivity contribution in [2.45, 2.75) is 83.2 Å². The predicted molar refractivity (Wildman–Crippen MR) is 142 cm³/mol. The molecule has 212 valence electrons. The fraction of sp³-hybridized carbons (Fsp3) is 0.536. The van der Waals surface area contributed by atoms with Gasteiger partial charge in [0.05, 0.1) is 24.0 Å². The Morgan fingerprint density at radius 1 is 1.05 bits per heavy atom. The van der Waals surface area contributed by atoms with E-state index in [0.29, 0.717) is 41.5 Å². The van der Waals surface area contributed by atoms with E-state index < -0.39 is 18.9 Å². The van der Waals surface area contributed by atoms with Crippen LogP contribution in [0.25, 0.3) is 27.9 Å². The van der Waals surface area contributed by atoms with Crippen LogP contribution in [0.4, 0.5) is 23.5 Å². The summed E-state index contributed by atoms with van der Waals surface area (Å²) in [5.41, 5.74) is 3.07. The summed E-state index contributed by atoms with van der Waals surface area (Å²) in [6, 6.07) is 5.56. The zero-order valence-corrected chi connectivity index (χ0v) is 22.2. The van der Waals surface area contributed by atoms with E-state index in [1.807, 2.05) is 12.1 Å². The zero-order chi connectivity index (χ0) is 28.0. The van der Waals surface area contributed by atoms with Gasteiger partial charge in [0.15, 0.2) is 5.65 Å². The van der Waals surface area contributed by atoms with Crippen LogP contribution in [0.5, 0.6) is 0 Å². The molecule has 4 heterocycles. The summed E-state index contributed by atoms with van der Waals surface area (Å²) in [6.07, 6.45) is 4.23. The summed E-state index contributed by atoms with van der Waals surface area (Å²) in [5.74, 6) is -1.80. The van der Waals surface area contributed by atoms with Gasteiger partial charge in [0, 0.05) is 42.5 Å². The number of rotatable bonds is 7. The maximum absolute atomic E-state index is 13.5. The Hall–Kier alpha value is -3.57. The van der Waals surface area contributed by atoms with Crippen molar-refractivity contribution in [1.82, 2.24) is 29.1 Å². The van der Waals surface area contributed by atoms with Crippen LogP contribution in [-0.2, 0) is 11.3 Å². The summed E-state index contributed by atoms with van der Waals surface area (Å²) in [4.78, 5) is 26.4. The summed E-state index contributed by atoms with van der Waals surface area (Å²) in [5, 5.41) is 7.96. The van der Waals surface area contributed by atoms with Crippen LogP contribution in [0, 0.1) is 18.8 Å². The van der Waals surface area contributed by atoms with E-state index in [-0.39, 0.29) is 36.5 Å². The molecule has 4 aromatic rings. The fourth-order valence-electron chi connectivity index (χ4n) is 6.17. The number of alkyl halides is 4. The standard InChI is InChI=1S/C28H31F4N7O/c1-16-34-22-7-6-21(36-26(22)38(16)15-24(29)30)20-10-13-39-23(20)14-33-27(37-39)35-19-4-2-17(3-5-19)25(40)18-8-11-28(31,32)12-9-18/h6-7,10,13-14,17-19,24H,2-5,8-9,11-12,15H2,1H3,(H,35,37). The van der Waals surface area contributed by atoms with Crippen LogP contribution in [0.3, 0.4) is 0 Å². The lowest BCUT2D eigenvalue weighted by molar-refractivity contribution is -0.131. The highest BCUT2D eigenvalue weighted by molar-refractivity contribution is 5.84. The number of pyridine rings is 1. The smallest absolute Gasteiger partial charge is 0.256 e. The second-order valence-corrected chi connectivity index (χ2v) is 11.1. The Kier molecular flexibility index (Phi) is 6.95. The van der Waals surface area contributed by atoms with Crippen molar-refractivity contribution in [3.8, 4) is 11.3 Å². The number of nitrogens with one attached hydrogen (secondary N) is 1. The SMILES string of the molecule is Cc1nc2ccc(-c3ccn4nc(NC5CCC(C(=O)C6CCC(F)(F)CC6)CC5)ncc34)nc2n1CC(F)F. The molecule has 2 aliphatic rings. The molecule has 0 bridgehead atoms. The first-order chi connectivity index (χ1) is 19.2. The van der Waals surface area contributed by atoms with E-state index in [0.717, 1.165) is 36.8 Å². The Bertz CT molecular complexity index is 1530. The van der Waals surface area contributed by atoms with Crippen molar-refractivity contribution in [1.29, 1.82) is 0 Å². The van der Waals surface area contributed by atoms with Gasteiger partial charge in [-0.3, -0.25) is 4.79 Å². The lowest BCUT2D eigenvalue weighted by atomic mass is 9.75. The molecule has 2 aliphatic carbocycles. The van der Waals surface area contributed by atoms with Crippen LogP contribution in [0.1, 0.15) is 57.2 Å². The van der Waals surface area contributed by atoms with E-state index in [9.17, 15) is 22.4 Å². The highest BCUT2D eigenvalue weighted by Gasteiger charge is 2.39. The molecular formula is C28H31F4N7O. The third kappa shape index (κ3) is 5.27. The van der Waals surface area contributed by atoms with Gasteiger partial charge < -0.3 is 9.88 Å². The molecular weight excluding hydrogens is 526 g/mol. The van der Waals surface area contributed by atoms with Gasteiger partial charge in [0.1, 0.15) is 17.1 Å². The number of halogens is 4. The third-order valence-corrected chi connectivity index (χ3v) is 8.38. The number of aromatic nitrogens is 6. The molecule has 2 saturated carbocycles. The van der Waals surface area contributed by atoms with Crippen LogP contribution in [0.15, 0.2) is 30.6 Å². The lowest BCUT2D eigenvalue weighted by Gasteiger charge is -2.33. The molecule has 0 spiro atoms. The quantitative estimate of drug-likeness (QED) is 0.277. The van der Waals surface area contributed by atoms with Crippen LogP contribution in [0.2, 0.25) is 0 Å². The molecule has 12 heteroatoms. The summed E-state index contributed by atoms with van der Waals surface area (Å²) in [7, 11) is 0. The topological polar surface area (TPSA) is 90.0 Å². The Balaban J connectivity index is 1.12. The minimum atomic E-state index is -2.62. The van der Waals surface area contributed by atoms with Gasteiger partial charge in [-0.05, 0) is 63.6 Å². The molecule has 0 aliphatic heterocycles. The van der Waals surface area contributed by atoms with Crippen LogP contribution in [-0.4, -0.2) is 53.3 Å². The molecule has 6 rings (SSSR count). The van der Waals surface area contributed by atoms with Gasteiger partial charge in [-0.2, -0.15) is 0 Å². The predicted octanol–water partition coefficient (Wildman–Crippen LogP) is 6.08. The highest BCUT2D eigenvalue weighted by Crippen LogP contribution is 2.39. The van der Waals surface area contributed by atoms with Crippen molar-refractivity contribution >= 4 is 28.4 Å². The number of fused-ring (bicyclic) bond motifs is 2. The minimum absolute atomic E-state index is 0.0594. The van der Waals surface area contributed by atoms with Crippen molar-refractivity contribution in [2.75, 3.05) is 5.32 Å². The first kappa shape index (κ1) is 26.6. The van der Waals surface area contributed by atoms with Crippen molar-refractivity contribution in [3.63, 3.8) is 0 Å². The number of carbonyl (C=O) groups is 1. The lowest BCUT2D eigenvalue weighted by Crippen LogP contribution is -2.35. The molecule has 0 aromatic carbocycles. The Morgan fingerprint density at radius 2 is 1.77 bits per heavy atom. The number of anilines is 1. The zero-order valence-electron chi connectivity index (χ0n) is 22.2. The summed E-state index contributed by atoms with van der Waals surface area (Å²) in [6.45, 7) is 1.22. The van der Waals surface area contributed by atoms with Gasteiger partial charge in [-0.25, -0.2) is 37.0 Å². The molecule has 40 heavy (non-hydrogen) atoms. The third-order valence-electron chi connectivity index (χ3n) is 8.38. The normalized spacial score (nSPS) is 21.9. The number of hydrogen-bond donors (Lipinski definition) is 1. The monoisotopic (exact) mass is 557 g/mol. The van der Waals surface area contributed by atoms with Gasteiger partial charge in [-0.1, -0.05) is 0 Å². The summed E-state index contributed by atoms with van der Waals surface area (Å²) >= 11 is 0. The van der Waals surface area contributed by atoms with E-state index in [1.54, 1.807) is 29.9 Å². The summed E-state index contributed by atoms with van der Waals surface area (Å²) < 4.78 is 56.3. The average molecular weight is 558 g/mol. The largest absolute Gasteiger partial charge is 0.350 e. The Labute approximate surface area is 228 Å². The van der Waals surface area contributed by atoms with Gasteiger partial charge in [-0.15, -0.1) is 5.10 Å².